The second-order valence-corrected chi connectivity index (χ2v) is 7.21. The minimum atomic E-state index is -0.177. The van der Waals surface area contributed by atoms with E-state index in [9.17, 15) is 4.79 Å². The van der Waals surface area contributed by atoms with Crippen molar-refractivity contribution in [1.29, 1.82) is 0 Å². The Balaban J connectivity index is 1.36. The summed E-state index contributed by atoms with van der Waals surface area (Å²) in [6.07, 6.45) is 0. The highest BCUT2D eigenvalue weighted by atomic mass is 16.6. The van der Waals surface area contributed by atoms with Crippen LogP contribution < -0.4 is 19.5 Å². The maximum Gasteiger partial charge on any atom is 0.251 e. The molecule has 0 aliphatic carbocycles. The van der Waals surface area contributed by atoms with Crippen LogP contribution in [0.2, 0.25) is 0 Å². The summed E-state index contributed by atoms with van der Waals surface area (Å²) in [7, 11) is 0. The smallest absolute Gasteiger partial charge is 0.251 e. The Morgan fingerprint density at radius 2 is 1.83 bits per heavy atom. The molecule has 2 aromatic carbocycles. The van der Waals surface area contributed by atoms with Crippen LogP contribution in [0.3, 0.4) is 0 Å². The molecule has 1 unspecified atom stereocenters. The first-order chi connectivity index (χ1) is 14.5. The van der Waals surface area contributed by atoms with E-state index in [4.69, 9.17) is 18.7 Å². The number of benzene rings is 2. The van der Waals surface area contributed by atoms with Gasteiger partial charge in [0, 0.05) is 5.56 Å². The van der Waals surface area contributed by atoms with Crippen molar-refractivity contribution in [1.82, 2.24) is 10.5 Å². The SMILES string of the molecule is Cc1noc(C)c1COc1ccc(C(=O)NC(C)c2ccc3c(c2)OCCO3)cc1. The van der Waals surface area contributed by atoms with Gasteiger partial charge in [-0.15, -0.1) is 0 Å². The third kappa shape index (κ3) is 4.25. The number of hydrogen-bond donors (Lipinski definition) is 1. The Kier molecular flexibility index (Phi) is 5.61. The summed E-state index contributed by atoms with van der Waals surface area (Å²) in [6, 6.07) is 12.6. The molecule has 1 aliphatic heterocycles. The van der Waals surface area contributed by atoms with E-state index in [2.05, 4.69) is 10.5 Å². The minimum absolute atomic E-state index is 0.158. The fourth-order valence-corrected chi connectivity index (χ4v) is 3.26. The van der Waals surface area contributed by atoms with Crippen molar-refractivity contribution >= 4 is 5.91 Å². The van der Waals surface area contributed by atoms with Gasteiger partial charge < -0.3 is 24.1 Å². The zero-order valence-corrected chi connectivity index (χ0v) is 17.2. The van der Waals surface area contributed by atoms with Crippen molar-refractivity contribution in [3.8, 4) is 17.2 Å². The fraction of sp³-hybridized carbons (Fsp3) is 0.304. The number of fused-ring (bicyclic) bond motifs is 1. The van der Waals surface area contributed by atoms with Crippen molar-refractivity contribution in [3.05, 3.63) is 70.6 Å². The predicted molar refractivity (Wildman–Crippen MR) is 110 cm³/mol. The lowest BCUT2D eigenvalue weighted by Gasteiger charge is -2.21. The molecule has 0 fully saturated rings. The van der Waals surface area contributed by atoms with Crippen LogP contribution in [0.25, 0.3) is 0 Å². The third-order valence-corrected chi connectivity index (χ3v) is 5.09. The van der Waals surface area contributed by atoms with E-state index in [1.165, 1.54) is 0 Å². The highest BCUT2D eigenvalue weighted by Gasteiger charge is 2.17. The summed E-state index contributed by atoms with van der Waals surface area (Å²) in [5, 5.41) is 6.93. The van der Waals surface area contributed by atoms with Crippen LogP contribution in [-0.2, 0) is 6.61 Å². The number of nitrogens with one attached hydrogen (secondary N) is 1. The molecule has 0 saturated carbocycles. The lowest BCUT2D eigenvalue weighted by atomic mass is 10.1. The first kappa shape index (κ1) is 19.8. The highest BCUT2D eigenvalue weighted by molar-refractivity contribution is 5.94. The topological polar surface area (TPSA) is 82.8 Å². The van der Waals surface area contributed by atoms with Gasteiger partial charge in [-0.1, -0.05) is 11.2 Å². The molecule has 1 N–H and O–H groups in total. The summed E-state index contributed by atoms with van der Waals surface area (Å²) < 4.78 is 22.1. The quantitative estimate of drug-likeness (QED) is 0.660. The number of rotatable bonds is 6. The van der Waals surface area contributed by atoms with Gasteiger partial charge in [-0.3, -0.25) is 4.79 Å². The molecule has 0 bridgehead atoms. The van der Waals surface area contributed by atoms with Gasteiger partial charge in [-0.2, -0.15) is 0 Å². The molecule has 7 nitrogen and oxygen atoms in total. The predicted octanol–water partition coefficient (Wildman–Crippen LogP) is 4.13. The molecule has 0 saturated heterocycles. The van der Waals surface area contributed by atoms with Gasteiger partial charge in [-0.05, 0) is 62.7 Å². The Morgan fingerprint density at radius 1 is 1.10 bits per heavy atom. The van der Waals surface area contributed by atoms with Crippen LogP contribution in [0.15, 0.2) is 47.0 Å². The van der Waals surface area contributed by atoms with Gasteiger partial charge in [0.15, 0.2) is 11.5 Å². The Bertz CT molecular complexity index is 1020. The van der Waals surface area contributed by atoms with E-state index in [0.717, 1.165) is 28.3 Å². The van der Waals surface area contributed by atoms with Crippen molar-refractivity contribution in [3.63, 3.8) is 0 Å². The monoisotopic (exact) mass is 408 g/mol. The number of aromatic nitrogens is 1. The van der Waals surface area contributed by atoms with Gasteiger partial charge in [0.25, 0.3) is 5.91 Å². The second kappa shape index (κ2) is 8.49. The largest absolute Gasteiger partial charge is 0.489 e. The molecule has 156 valence electrons. The fourth-order valence-electron chi connectivity index (χ4n) is 3.26. The van der Waals surface area contributed by atoms with Crippen molar-refractivity contribution in [2.45, 2.75) is 33.4 Å². The molecule has 30 heavy (non-hydrogen) atoms. The first-order valence-electron chi connectivity index (χ1n) is 9.86. The Morgan fingerprint density at radius 3 is 2.53 bits per heavy atom. The number of amides is 1. The number of ether oxygens (including phenoxy) is 3. The van der Waals surface area contributed by atoms with Crippen molar-refractivity contribution in [2.75, 3.05) is 13.2 Å². The molecule has 0 radical (unpaired) electrons. The van der Waals surface area contributed by atoms with E-state index < -0.39 is 0 Å². The van der Waals surface area contributed by atoms with Crippen LogP contribution >= 0.6 is 0 Å². The summed E-state index contributed by atoms with van der Waals surface area (Å²) in [4.78, 5) is 12.6. The second-order valence-electron chi connectivity index (χ2n) is 7.21. The van der Waals surface area contributed by atoms with Gasteiger partial charge in [0.2, 0.25) is 0 Å². The normalized spacial score (nSPS) is 13.6. The highest BCUT2D eigenvalue weighted by Crippen LogP contribution is 2.32. The number of carbonyl (C=O) groups excluding carboxylic acids is 1. The number of hydrogen-bond acceptors (Lipinski definition) is 6. The van der Waals surface area contributed by atoms with Crippen molar-refractivity contribution in [2.24, 2.45) is 0 Å². The van der Waals surface area contributed by atoms with Gasteiger partial charge in [0.1, 0.15) is 31.3 Å². The molecule has 0 spiro atoms. The lowest BCUT2D eigenvalue weighted by Crippen LogP contribution is -2.26. The van der Waals surface area contributed by atoms with Crippen LogP contribution in [-0.4, -0.2) is 24.3 Å². The van der Waals surface area contributed by atoms with E-state index in [0.29, 0.717) is 36.9 Å². The van der Waals surface area contributed by atoms with Crippen LogP contribution in [0.5, 0.6) is 17.2 Å². The first-order valence-corrected chi connectivity index (χ1v) is 9.86. The molecule has 4 rings (SSSR count). The van der Waals surface area contributed by atoms with Gasteiger partial charge in [-0.25, -0.2) is 0 Å². The molecule has 1 aliphatic rings. The summed E-state index contributed by atoms with van der Waals surface area (Å²) in [5.41, 5.74) is 3.26. The molecule has 2 heterocycles. The van der Waals surface area contributed by atoms with E-state index in [-0.39, 0.29) is 11.9 Å². The van der Waals surface area contributed by atoms with Gasteiger partial charge in [0.05, 0.1) is 17.3 Å². The average Bonchev–Trinajstić information content (AvgIpc) is 3.09. The summed E-state index contributed by atoms with van der Waals surface area (Å²) in [5.74, 6) is 2.70. The maximum atomic E-state index is 12.6. The Hall–Kier alpha value is -3.48. The molecule has 1 amide bonds. The Labute approximate surface area is 174 Å². The number of carbonyl (C=O) groups is 1. The van der Waals surface area contributed by atoms with Crippen molar-refractivity contribution < 1.29 is 23.5 Å². The molecular weight excluding hydrogens is 384 g/mol. The number of aryl methyl sites for hydroxylation is 2. The molecule has 7 heteroatoms. The van der Waals surface area contributed by atoms with Gasteiger partial charge >= 0.3 is 0 Å². The standard InChI is InChI=1S/C23H24N2O5/c1-14(18-6-9-21-22(12-18)28-11-10-27-21)24-23(26)17-4-7-19(8-5-17)29-13-20-15(2)25-30-16(20)3/h4-9,12,14H,10-11,13H2,1-3H3,(H,24,26). The average molecular weight is 408 g/mol. The lowest BCUT2D eigenvalue weighted by molar-refractivity contribution is 0.0939. The molecular formula is C23H24N2O5. The summed E-state index contributed by atoms with van der Waals surface area (Å²) in [6.45, 7) is 7.12. The minimum Gasteiger partial charge on any atom is -0.489 e. The zero-order valence-electron chi connectivity index (χ0n) is 17.2. The zero-order chi connectivity index (χ0) is 21.1. The van der Waals surface area contributed by atoms with Crippen LogP contribution in [0.4, 0.5) is 0 Å². The maximum absolute atomic E-state index is 12.6. The molecule has 1 atom stereocenters. The van der Waals surface area contributed by atoms with Crippen LogP contribution in [0, 0.1) is 13.8 Å². The molecule has 3 aromatic rings. The van der Waals surface area contributed by atoms with Crippen LogP contribution in [0.1, 0.15) is 45.9 Å². The van der Waals surface area contributed by atoms with E-state index >= 15 is 0 Å². The molecule has 1 aromatic heterocycles. The van der Waals surface area contributed by atoms with E-state index in [1.54, 1.807) is 24.3 Å². The number of nitrogens with zero attached hydrogens (tertiary/aromatic N) is 1. The summed E-state index contributed by atoms with van der Waals surface area (Å²) >= 11 is 0. The third-order valence-electron chi connectivity index (χ3n) is 5.09. The van der Waals surface area contributed by atoms with E-state index in [1.807, 2.05) is 39.0 Å².